The van der Waals surface area contributed by atoms with Gasteiger partial charge in [-0.1, -0.05) is 0 Å². The molecular formula is C48H86N6O19. The lowest BCUT2D eigenvalue weighted by Crippen LogP contribution is -2.71. The first-order chi connectivity index (χ1) is 33.5. The SMILES string of the molecule is CC1(C)CC(C(=O)NC2C(O)OC(CO)C(OC3OC(CO)C(OC4OC(CO)C(O)C(O)C4NC(=O)C4CC(C)(C)N(O)C(C)(C)C4)C(O)C3NC(=O)C3CC(C)(C)N(O)C(C)(C)C3)C2O)CC(C)(C)N1O. The van der Waals surface area contributed by atoms with Gasteiger partial charge >= 0.3 is 0 Å². The van der Waals surface area contributed by atoms with Crippen LogP contribution in [0.25, 0.3) is 0 Å². The number of nitrogens with zero attached hydrogens (tertiary/aromatic N) is 3. The van der Waals surface area contributed by atoms with Crippen molar-refractivity contribution in [3.8, 4) is 0 Å². The van der Waals surface area contributed by atoms with Crippen molar-refractivity contribution < 1.29 is 94.5 Å². The molecule has 0 aliphatic carbocycles. The molecule has 25 nitrogen and oxygen atoms in total. The Hall–Kier alpha value is -2.35. The van der Waals surface area contributed by atoms with Crippen LogP contribution in [0.15, 0.2) is 0 Å². The zero-order valence-electron chi connectivity index (χ0n) is 44.3. The maximum absolute atomic E-state index is 14.5. The maximum atomic E-state index is 14.5. The zero-order valence-corrected chi connectivity index (χ0v) is 44.3. The predicted octanol–water partition coefficient (Wildman–Crippen LogP) is -2.23. The summed E-state index contributed by atoms with van der Waals surface area (Å²) in [4.78, 5) is 42.5. The number of hydrogen-bond donors (Lipinski definition) is 14. The van der Waals surface area contributed by atoms with Gasteiger partial charge in [0.25, 0.3) is 0 Å². The van der Waals surface area contributed by atoms with E-state index in [4.69, 9.17) is 23.7 Å². The Labute approximate surface area is 426 Å². The summed E-state index contributed by atoms with van der Waals surface area (Å²) in [7, 11) is 0. The molecule has 25 heteroatoms. The topological polar surface area (TPSA) is 366 Å². The fourth-order valence-corrected chi connectivity index (χ4v) is 12.8. The van der Waals surface area contributed by atoms with E-state index in [1.54, 1.807) is 83.1 Å². The smallest absolute Gasteiger partial charge is 0.223 e. The number of carbonyl (C=O) groups excluding carboxylic acids is 3. The van der Waals surface area contributed by atoms with E-state index in [9.17, 15) is 70.9 Å². The van der Waals surface area contributed by atoms with E-state index in [2.05, 4.69) is 16.0 Å². The molecule has 6 aliphatic heterocycles. The molecule has 15 atom stereocenters. The monoisotopic (exact) mass is 1050 g/mol. The normalized spacial score (nSPS) is 40.4. The lowest BCUT2D eigenvalue weighted by atomic mass is 9.75. The Morgan fingerprint density at radius 2 is 0.712 bits per heavy atom. The van der Waals surface area contributed by atoms with Crippen LogP contribution >= 0.6 is 0 Å². The fourth-order valence-electron chi connectivity index (χ4n) is 12.8. The van der Waals surface area contributed by atoms with Gasteiger partial charge < -0.3 is 96.1 Å². The molecule has 6 aliphatic rings. The maximum Gasteiger partial charge on any atom is 0.223 e. The van der Waals surface area contributed by atoms with Gasteiger partial charge in [-0.25, -0.2) is 0 Å². The van der Waals surface area contributed by atoms with E-state index in [0.29, 0.717) is 0 Å². The van der Waals surface area contributed by atoms with Gasteiger partial charge in [0.1, 0.15) is 73.1 Å². The highest BCUT2D eigenvalue weighted by Gasteiger charge is 2.57. The van der Waals surface area contributed by atoms with Crippen molar-refractivity contribution in [2.45, 2.75) is 247 Å². The van der Waals surface area contributed by atoms with Crippen LogP contribution in [0.5, 0.6) is 0 Å². The Balaban J connectivity index is 1.31. The molecule has 6 fully saturated rings. The molecule has 6 rings (SSSR count). The number of rotatable bonds is 13. The Bertz CT molecular complexity index is 1890. The molecule has 0 bridgehead atoms. The molecule has 0 aromatic heterocycles. The van der Waals surface area contributed by atoms with E-state index >= 15 is 0 Å². The lowest BCUT2D eigenvalue weighted by molar-refractivity contribution is -0.351. The highest BCUT2D eigenvalue weighted by molar-refractivity contribution is 5.80. The van der Waals surface area contributed by atoms with Crippen LogP contribution in [0.1, 0.15) is 122 Å². The average molecular weight is 1050 g/mol. The second-order valence-corrected chi connectivity index (χ2v) is 25.1. The highest BCUT2D eigenvalue weighted by atomic mass is 16.7. The predicted molar refractivity (Wildman–Crippen MR) is 253 cm³/mol. The van der Waals surface area contributed by atoms with Crippen molar-refractivity contribution in [3.63, 3.8) is 0 Å². The summed E-state index contributed by atoms with van der Waals surface area (Å²) in [5.41, 5.74) is -5.23. The molecule has 15 unspecified atom stereocenters. The summed E-state index contributed by atoms with van der Waals surface area (Å²) in [5.74, 6) is -4.07. The van der Waals surface area contributed by atoms with Gasteiger partial charge in [0.15, 0.2) is 18.9 Å². The minimum Gasteiger partial charge on any atom is -0.394 e. The molecule has 3 amide bonds. The molecule has 0 aromatic rings. The quantitative estimate of drug-likeness (QED) is 0.0928. The van der Waals surface area contributed by atoms with Crippen molar-refractivity contribution in [2.75, 3.05) is 19.8 Å². The summed E-state index contributed by atoms with van der Waals surface area (Å²) >= 11 is 0. The number of piperidine rings is 3. The van der Waals surface area contributed by atoms with Crippen LogP contribution < -0.4 is 16.0 Å². The summed E-state index contributed by atoms with van der Waals surface area (Å²) in [6.45, 7) is 18.5. The van der Waals surface area contributed by atoms with Gasteiger partial charge in [-0.3, -0.25) is 14.4 Å². The summed E-state index contributed by atoms with van der Waals surface area (Å²) in [6.07, 6.45) is -19.9. The zero-order chi connectivity index (χ0) is 54.9. The van der Waals surface area contributed by atoms with Crippen LogP contribution in [-0.4, -0.2) is 234 Å². The Kier molecular flexibility index (Phi) is 17.9. The summed E-state index contributed by atoms with van der Waals surface area (Å²) in [6, 6.07) is -4.85. The van der Waals surface area contributed by atoms with E-state index in [1.807, 2.05) is 0 Å². The first kappa shape index (κ1) is 59.9. The lowest BCUT2D eigenvalue weighted by Gasteiger charge is -2.52. The molecule has 422 valence electrons. The molecule has 0 saturated carbocycles. The Morgan fingerprint density at radius 1 is 0.438 bits per heavy atom. The van der Waals surface area contributed by atoms with E-state index in [1.165, 1.54) is 15.2 Å². The first-order valence-electron chi connectivity index (χ1n) is 25.4. The van der Waals surface area contributed by atoms with Crippen molar-refractivity contribution in [2.24, 2.45) is 17.8 Å². The van der Waals surface area contributed by atoms with Crippen LogP contribution in [0.2, 0.25) is 0 Å². The number of hydroxylamine groups is 6. The standard InChI is InChI=1S/C48H86N6O19/c1-43(2)13-22(14-44(3,4)52(43)66)37(62)49-28-33(60)35(26(20-56)69-40(28)65)72-42-30(51-39(64)24-17-47(9,10)54(68)48(11,12)18-24)34(61)36(27(21-57)71-42)73-41-29(32(59)31(58)25(19-55)70-41)50-38(63)23-15-45(5,6)53(67)46(7,8)16-23/h22-36,40-42,55-61,65-68H,13-21H2,1-12H3,(H,49,62)(H,50,63)(H,51,64). The number of hydrogen-bond acceptors (Lipinski definition) is 22. The molecular weight excluding hydrogens is 965 g/mol. The molecule has 6 saturated heterocycles. The molecule has 6 heterocycles. The number of ether oxygens (including phenoxy) is 5. The number of nitrogens with one attached hydrogen (secondary N) is 3. The third-order valence-electron chi connectivity index (χ3n) is 16.1. The van der Waals surface area contributed by atoms with Crippen molar-refractivity contribution in [1.29, 1.82) is 0 Å². The van der Waals surface area contributed by atoms with Crippen molar-refractivity contribution in [1.82, 2.24) is 31.1 Å². The second-order valence-electron chi connectivity index (χ2n) is 25.1. The second kappa shape index (κ2) is 21.8. The Morgan fingerprint density at radius 3 is 1.04 bits per heavy atom. The molecule has 0 spiro atoms. The first-order valence-corrected chi connectivity index (χ1v) is 25.4. The average Bonchev–Trinajstić information content (AvgIpc) is 3.29. The molecule has 73 heavy (non-hydrogen) atoms. The molecule has 14 N–H and O–H groups in total. The van der Waals surface area contributed by atoms with Gasteiger partial charge in [-0.15, -0.1) is 0 Å². The van der Waals surface area contributed by atoms with Crippen LogP contribution in [0.3, 0.4) is 0 Å². The van der Waals surface area contributed by atoms with Crippen LogP contribution in [-0.2, 0) is 38.1 Å². The van der Waals surface area contributed by atoms with Crippen molar-refractivity contribution >= 4 is 17.7 Å². The number of carbonyl (C=O) groups is 3. The summed E-state index contributed by atoms with van der Waals surface area (Å²) in [5, 5.41) is 134. The molecule has 0 aromatic carbocycles. The van der Waals surface area contributed by atoms with Gasteiger partial charge in [0, 0.05) is 51.0 Å². The third-order valence-corrected chi connectivity index (χ3v) is 16.1. The van der Waals surface area contributed by atoms with E-state index in [0.717, 1.165) is 0 Å². The fraction of sp³-hybridized carbons (Fsp3) is 0.938. The van der Waals surface area contributed by atoms with E-state index in [-0.39, 0.29) is 38.5 Å². The van der Waals surface area contributed by atoms with E-state index < -0.39 is 180 Å². The number of aliphatic hydroxyl groups is 8. The number of aliphatic hydroxyl groups excluding tert-OH is 8. The van der Waals surface area contributed by atoms with Crippen LogP contribution in [0, 0.1) is 17.8 Å². The van der Waals surface area contributed by atoms with Gasteiger partial charge in [0.2, 0.25) is 17.7 Å². The van der Waals surface area contributed by atoms with Gasteiger partial charge in [-0.2, -0.15) is 15.2 Å². The minimum absolute atomic E-state index is 0.131. The van der Waals surface area contributed by atoms with Gasteiger partial charge in [-0.05, 0) is 122 Å². The molecule has 0 radical (unpaired) electrons. The van der Waals surface area contributed by atoms with Crippen LogP contribution in [0.4, 0.5) is 0 Å². The largest absolute Gasteiger partial charge is 0.394 e. The van der Waals surface area contributed by atoms with Crippen molar-refractivity contribution in [3.05, 3.63) is 0 Å². The van der Waals surface area contributed by atoms with Gasteiger partial charge in [0.05, 0.1) is 19.8 Å². The summed E-state index contributed by atoms with van der Waals surface area (Å²) < 4.78 is 30.6. The third kappa shape index (κ3) is 12.2. The highest BCUT2D eigenvalue weighted by Crippen LogP contribution is 2.44. The minimum atomic E-state index is -1.95. The number of amides is 3.